The van der Waals surface area contributed by atoms with Crippen molar-refractivity contribution in [2.75, 3.05) is 32.5 Å². The monoisotopic (exact) mass is 575 g/mol. The van der Waals surface area contributed by atoms with Crippen LogP contribution in [0, 0.1) is 0 Å². The summed E-state index contributed by atoms with van der Waals surface area (Å²) in [5.74, 6) is 0.403. The number of nitrogens with zero attached hydrogens (tertiary/aromatic N) is 4. The second-order valence-electron chi connectivity index (χ2n) is 9.44. The zero-order chi connectivity index (χ0) is 27.6. The number of anilines is 1. The van der Waals surface area contributed by atoms with Crippen molar-refractivity contribution in [3.8, 4) is 5.69 Å². The van der Waals surface area contributed by atoms with E-state index in [-0.39, 0.29) is 17.5 Å². The zero-order valence-corrected chi connectivity index (χ0v) is 23.7. The van der Waals surface area contributed by atoms with Gasteiger partial charge in [-0.15, -0.1) is 0 Å². The topological polar surface area (TPSA) is 108 Å². The number of aromatic amines is 1. The zero-order valence-electron chi connectivity index (χ0n) is 21.4. The first-order chi connectivity index (χ1) is 18.0. The maximum Gasteiger partial charge on any atom is 0.319 e. The molecule has 2 amide bonds. The van der Waals surface area contributed by atoms with Gasteiger partial charge in [0.05, 0.1) is 15.7 Å². The molecule has 38 heavy (non-hydrogen) atoms. The van der Waals surface area contributed by atoms with Gasteiger partial charge in [0.2, 0.25) is 0 Å². The van der Waals surface area contributed by atoms with Crippen molar-refractivity contribution in [3.05, 3.63) is 78.9 Å². The lowest BCUT2D eigenvalue weighted by molar-refractivity contribution is 0.250. The van der Waals surface area contributed by atoms with Crippen LogP contribution in [0.2, 0.25) is 15.1 Å². The number of nitrogens with one attached hydrogen (secondary N) is 3. The van der Waals surface area contributed by atoms with Crippen LogP contribution in [0.1, 0.15) is 36.8 Å². The highest BCUT2D eigenvalue weighted by atomic mass is 35.5. The molecule has 0 fully saturated rings. The Hall–Kier alpha value is -3.11. The van der Waals surface area contributed by atoms with Gasteiger partial charge in [-0.05, 0) is 49.8 Å². The molecule has 0 aliphatic carbocycles. The summed E-state index contributed by atoms with van der Waals surface area (Å²) in [5, 5.41) is 11.6. The summed E-state index contributed by atoms with van der Waals surface area (Å²) < 4.78 is 1.51. The molecule has 2 aromatic carbocycles. The Balaban J connectivity index is 1.63. The van der Waals surface area contributed by atoms with Gasteiger partial charge in [-0.3, -0.25) is 4.79 Å². The molecule has 0 unspecified atom stereocenters. The molecule has 9 nitrogen and oxygen atoms in total. The second-order valence-corrected chi connectivity index (χ2v) is 10.7. The molecule has 0 aliphatic heterocycles. The van der Waals surface area contributed by atoms with E-state index in [0.717, 1.165) is 12.1 Å². The standard InChI is InChI=1S/C26H28Cl3N7O2/c1-14(2)22-21-24(36(34-22)23-18(28)12-16(27)13-19(23)29)32-20(33-25(21)37)11-15-5-7-17(8-6-15)31-26(38)30-9-10-35(3)4/h5-8,12-14H,9-11H2,1-4H3,(H2,30,31,38)(H,32,33,37). The van der Waals surface area contributed by atoms with E-state index in [1.54, 1.807) is 24.3 Å². The number of carbonyl (C=O) groups is 1. The van der Waals surface area contributed by atoms with Crippen LogP contribution in [0.3, 0.4) is 0 Å². The fourth-order valence-electron chi connectivity index (χ4n) is 3.94. The SMILES string of the molecule is CC(C)c1nn(-c2c(Cl)cc(Cl)cc2Cl)c2nc(Cc3ccc(NC(=O)NCCN(C)C)cc3)[nH]c(=O)c12. The summed E-state index contributed by atoms with van der Waals surface area (Å²) in [6, 6.07) is 10.2. The summed E-state index contributed by atoms with van der Waals surface area (Å²) in [7, 11) is 3.88. The lowest BCUT2D eigenvalue weighted by Gasteiger charge is -2.11. The number of hydrogen-bond donors (Lipinski definition) is 3. The minimum atomic E-state index is -0.297. The Bertz CT molecular complexity index is 1510. The van der Waals surface area contributed by atoms with E-state index in [1.165, 1.54) is 4.68 Å². The Kier molecular flexibility index (Phi) is 8.62. The van der Waals surface area contributed by atoms with E-state index in [0.29, 0.717) is 62.0 Å². The molecule has 4 aromatic rings. The number of urea groups is 1. The van der Waals surface area contributed by atoms with Gasteiger partial charge >= 0.3 is 6.03 Å². The Labute approximate surface area is 235 Å². The highest BCUT2D eigenvalue weighted by Crippen LogP contribution is 2.34. The van der Waals surface area contributed by atoms with E-state index >= 15 is 0 Å². The average Bonchev–Trinajstić information content (AvgIpc) is 3.19. The summed E-state index contributed by atoms with van der Waals surface area (Å²) in [6.07, 6.45) is 0.352. The molecule has 12 heteroatoms. The highest BCUT2D eigenvalue weighted by molar-refractivity contribution is 6.40. The van der Waals surface area contributed by atoms with Crippen LogP contribution >= 0.6 is 34.8 Å². The number of carbonyl (C=O) groups excluding carboxylic acids is 1. The number of fused-ring (bicyclic) bond motifs is 1. The van der Waals surface area contributed by atoms with Crippen LogP contribution in [0.25, 0.3) is 16.7 Å². The summed E-state index contributed by atoms with van der Waals surface area (Å²) in [5.41, 5.74) is 2.59. The van der Waals surface area contributed by atoms with Gasteiger partial charge < -0.3 is 20.5 Å². The van der Waals surface area contributed by atoms with Crippen molar-refractivity contribution in [2.45, 2.75) is 26.2 Å². The fourth-order valence-corrected chi connectivity index (χ4v) is 4.92. The number of benzene rings is 2. The minimum Gasteiger partial charge on any atom is -0.337 e. The van der Waals surface area contributed by atoms with Gasteiger partial charge in [0.25, 0.3) is 5.56 Å². The van der Waals surface area contributed by atoms with Crippen molar-refractivity contribution >= 4 is 57.6 Å². The van der Waals surface area contributed by atoms with Crippen LogP contribution in [-0.4, -0.2) is 57.9 Å². The normalized spacial score (nSPS) is 11.5. The largest absolute Gasteiger partial charge is 0.337 e. The van der Waals surface area contributed by atoms with Gasteiger partial charge in [0.15, 0.2) is 5.65 Å². The van der Waals surface area contributed by atoms with Crippen LogP contribution in [0.4, 0.5) is 10.5 Å². The summed E-state index contributed by atoms with van der Waals surface area (Å²) >= 11 is 19.1. The smallest absolute Gasteiger partial charge is 0.319 e. The third-order valence-electron chi connectivity index (χ3n) is 5.78. The number of aromatic nitrogens is 4. The Morgan fingerprint density at radius 1 is 1.11 bits per heavy atom. The van der Waals surface area contributed by atoms with E-state index in [4.69, 9.17) is 39.8 Å². The number of likely N-dealkylation sites (N-methyl/N-ethyl adjacent to an activating group) is 1. The molecule has 0 bridgehead atoms. The molecule has 0 radical (unpaired) electrons. The van der Waals surface area contributed by atoms with Crippen LogP contribution < -0.4 is 16.2 Å². The maximum absolute atomic E-state index is 13.2. The van der Waals surface area contributed by atoms with Gasteiger partial charge in [-0.1, -0.05) is 60.8 Å². The van der Waals surface area contributed by atoms with E-state index < -0.39 is 0 Å². The van der Waals surface area contributed by atoms with Gasteiger partial charge in [-0.2, -0.15) is 5.10 Å². The maximum atomic E-state index is 13.2. The minimum absolute atomic E-state index is 0.0440. The predicted molar refractivity (Wildman–Crippen MR) is 153 cm³/mol. The lowest BCUT2D eigenvalue weighted by atomic mass is 10.1. The molecule has 0 atom stereocenters. The molecular formula is C26H28Cl3N7O2. The third kappa shape index (κ3) is 6.30. The lowest BCUT2D eigenvalue weighted by Crippen LogP contribution is -2.34. The van der Waals surface area contributed by atoms with E-state index in [1.807, 2.05) is 45.0 Å². The fraction of sp³-hybridized carbons (Fsp3) is 0.308. The molecular weight excluding hydrogens is 549 g/mol. The third-order valence-corrected chi connectivity index (χ3v) is 6.58. The molecule has 4 rings (SSSR count). The van der Waals surface area contributed by atoms with Crippen molar-refractivity contribution in [2.24, 2.45) is 0 Å². The quantitative estimate of drug-likeness (QED) is 0.258. The molecule has 2 heterocycles. The second kappa shape index (κ2) is 11.7. The van der Waals surface area contributed by atoms with Crippen molar-refractivity contribution in [1.82, 2.24) is 30.0 Å². The van der Waals surface area contributed by atoms with Crippen LogP contribution in [0.15, 0.2) is 41.2 Å². The summed E-state index contributed by atoms with van der Waals surface area (Å²) in [4.78, 5) is 34.9. The summed E-state index contributed by atoms with van der Waals surface area (Å²) in [6.45, 7) is 5.18. The molecule has 0 saturated heterocycles. The predicted octanol–water partition coefficient (Wildman–Crippen LogP) is 5.47. The van der Waals surface area contributed by atoms with Crippen molar-refractivity contribution < 1.29 is 4.79 Å². The molecule has 200 valence electrons. The first kappa shape index (κ1) is 27.9. The van der Waals surface area contributed by atoms with Gasteiger partial charge in [-0.25, -0.2) is 14.5 Å². The Morgan fingerprint density at radius 3 is 2.37 bits per heavy atom. The van der Waals surface area contributed by atoms with Crippen molar-refractivity contribution in [3.63, 3.8) is 0 Å². The number of hydrogen-bond acceptors (Lipinski definition) is 5. The first-order valence-corrected chi connectivity index (χ1v) is 13.1. The molecule has 3 N–H and O–H groups in total. The number of rotatable bonds is 8. The molecule has 0 aliphatic rings. The average molecular weight is 577 g/mol. The van der Waals surface area contributed by atoms with E-state index in [2.05, 4.69) is 20.7 Å². The van der Waals surface area contributed by atoms with Gasteiger partial charge in [0, 0.05) is 30.2 Å². The molecule has 2 aromatic heterocycles. The number of amides is 2. The molecule has 0 spiro atoms. The first-order valence-electron chi connectivity index (χ1n) is 12.0. The van der Waals surface area contributed by atoms with Crippen LogP contribution in [0.5, 0.6) is 0 Å². The van der Waals surface area contributed by atoms with Gasteiger partial charge in [0.1, 0.15) is 16.9 Å². The van der Waals surface area contributed by atoms with Crippen molar-refractivity contribution in [1.29, 1.82) is 0 Å². The number of H-pyrrole nitrogens is 1. The number of halogens is 3. The Morgan fingerprint density at radius 2 is 1.76 bits per heavy atom. The highest BCUT2D eigenvalue weighted by Gasteiger charge is 2.23. The molecule has 0 saturated carbocycles. The van der Waals surface area contributed by atoms with Crippen LogP contribution in [-0.2, 0) is 6.42 Å². The van der Waals surface area contributed by atoms with E-state index in [9.17, 15) is 9.59 Å².